The first-order chi connectivity index (χ1) is 8.65. The van der Waals surface area contributed by atoms with Crippen LogP contribution in [0.15, 0.2) is 0 Å². The number of halogens is 1. The Morgan fingerprint density at radius 1 is 1.44 bits per heavy atom. The van der Waals surface area contributed by atoms with Gasteiger partial charge in [-0.1, -0.05) is 11.6 Å². The number of nitrogens with zero attached hydrogens (tertiary/aromatic N) is 4. The van der Waals surface area contributed by atoms with Crippen molar-refractivity contribution < 1.29 is 4.79 Å². The summed E-state index contributed by atoms with van der Waals surface area (Å²) in [4.78, 5) is 17.9. The van der Waals surface area contributed by atoms with Gasteiger partial charge in [0.1, 0.15) is 0 Å². The van der Waals surface area contributed by atoms with Crippen molar-refractivity contribution in [2.75, 3.05) is 18.0 Å². The van der Waals surface area contributed by atoms with E-state index in [9.17, 15) is 4.79 Å². The third-order valence-corrected chi connectivity index (χ3v) is 4.04. The number of hydrogen-bond donors (Lipinski definition) is 1. The zero-order chi connectivity index (χ0) is 12.7. The third kappa shape index (κ3) is 1.90. The number of carbonyl (C=O) groups excluding carboxylic acids is 1. The number of rotatable bonds is 1. The van der Waals surface area contributed by atoms with Crippen molar-refractivity contribution in [3.8, 4) is 0 Å². The van der Waals surface area contributed by atoms with E-state index in [1.807, 2.05) is 6.92 Å². The second-order valence-electron chi connectivity index (χ2n) is 4.81. The molecule has 0 radical (unpaired) electrons. The molecule has 0 bridgehead atoms. The van der Waals surface area contributed by atoms with Crippen LogP contribution in [0.5, 0.6) is 0 Å². The molecule has 1 aromatic rings. The van der Waals surface area contributed by atoms with Gasteiger partial charge in [-0.15, -0.1) is 10.2 Å². The summed E-state index contributed by atoms with van der Waals surface area (Å²) >= 11 is 5.83. The van der Waals surface area contributed by atoms with Crippen molar-refractivity contribution in [1.29, 1.82) is 0 Å². The summed E-state index contributed by atoms with van der Waals surface area (Å²) in [5.74, 6) is 1.16. The van der Waals surface area contributed by atoms with Crippen LogP contribution in [0.4, 0.5) is 5.95 Å². The largest absolute Gasteiger partial charge is 0.354 e. The summed E-state index contributed by atoms with van der Waals surface area (Å²) in [5.41, 5.74) is 0.685. The number of anilines is 1. The summed E-state index contributed by atoms with van der Waals surface area (Å²) in [6, 6.07) is 0.282. The molecule has 96 valence electrons. The fourth-order valence-electron chi connectivity index (χ4n) is 2.71. The summed E-state index contributed by atoms with van der Waals surface area (Å²) < 4.78 is 0. The summed E-state index contributed by atoms with van der Waals surface area (Å²) in [5, 5.41) is 11.2. The van der Waals surface area contributed by atoms with E-state index >= 15 is 0 Å². The fraction of sp³-hybridized carbons (Fsp3) is 0.636. The third-order valence-electron chi connectivity index (χ3n) is 3.69. The fourth-order valence-corrected chi connectivity index (χ4v) is 2.79. The quantitative estimate of drug-likeness (QED) is 0.805. The second-order valence-corrected chi connectivity index (χ2v) is 5.16. The molecule has 3 rings (SSSR count). The molecule has 0 saturated carbocycles. The minimum absolute atomic E-state index is 0.143. The molecule has 0 aliphatic carbocycles. The van der Waals surface area contributed by atoms with Gasteiger partial charge in [0.25, 0.3) is 0 Å². The average molecular weight is 268 g/mol. The molecular formula is C11H14ClN5O. The zero-order valence-corrected chi connectivity index (χ0v) is 10.8. The van der Waals surface area contributed by atoms with Crippen LogP contribution in [-0.4, -0.2) is 40.2 Å². The van der Waals surface area contributed by atoms with Gasteiger partial charge in [0.2, 0.25) is 11.9 Å². The minimum atomic E-state index is 0.143. The Hall–Kier alpha value is -1.43. The maximum absolute atomic E-state index is 11.4. The maximum atomic E-state index is 11.4. The Morgan fingerprint density at radius 3 is 3.06 bits per heavy atom. The molecule has 18 heavy (non-hydrogen) atoms. The molecule has 2 fully saturated rings. The van der Waals surface area contributed by atoms with Crippen molar-refractivity contribution in [1.82, 2.24) is 20.5 Å². The number of piperidine rings is 1. The van der Waals surface area contributed by atoms with Gasteiger partial charge >= 0.3 is 0 Å². The second kappa shape index (κ2) is 4.35. The molecule has 2 unspecified atom stereocenters. The Bertz CT molecular complexity index is 494. The number of carbonyl (C=O) groups is 1. The molecule has 2 aliphatic heterocycles. The molecule has 1 amide bonds. The van der Waals surface area contributed by atoms with Gasteiger partial charge in [0, 0.05) is 19.5 Å². The van der Waals surface area contributed by atoms with Crippen LogP contribution in [0.3, 0.4) is 0 Å². The van der Waals surface area contributed by atoms with E-state index in [0.717, 1.165) is 13.0 Å². The molecule has 2 atom stereocenters. The summed E-state index contributed by atoms with van der Waals surface area (Å²) in [7, 11) is 0. The van der Waals surface area contributed by atoms with E-state index in [2.05, 4.69) is 25.4 Å². The SMILES string of the molecule is Cc1nc(N2CCC3CC(=O)NCC32)nnc1Cl. The van der Waals surface area contributed by atoms with Crippen molar-refractivity contribution in [3.05, 3.63) is 10.8 Å². The van der Waals surface area contributed by atoms with E-state index in [4.69, 9.17) is 11.6 Å². The Morgan fingerprint density at radius 2 is 2.28 bits per heavy atom. The normalized spacial score (nSPS) is 27.0. The van der Waals surface area contributed by atoms with E-state index in [-0.39, 0.29) is 11.9 Å². The average Bonchev–Trinajstić information content (AvgIpc) is 2.75. The number of amides is 1. The molecular weight excluding hydrogens is 254 g/mol. The van der Waals surface area contributed by atoms with E-state index in [0.29, 0.717) is 35.7 Å². The number of aromatic nitrogens is 3. The van der Waals surface area contributed by atoms with Crippen LogP contribution in [0.25, 0.3) is 0 Å². The van der Waals surface area contributed by atoms with Crippen LogP contribution in [0.2, 0.25) is 5.15 Å². The summed E-state index contributed by atoms with van der Waals surface area (Å²) in [6.45, 7) is 3.35. The predicted molar refractivity (Wildman–Crippen MR) is 66.4 cm³/mol. The lowest BCUT2D eigenvalue weighted by Crippen LogP contribution is -2.48. The van der Waals surface area contributed by atoms with E-state index < -0.39 is 0 Å². The van der Waals surface area contributed by atoms with E-state index in [1.54, 1.807) is 0 Å². The van der Waals surface area contributed by atoms with Gasteiger partial charge in [0.05, 0.1) is 11.7 Å². The highest BCUT2D eigenvalue weighted by atomic mass is 35.5. The van der Waals surface area contributed by atoms with Gasteiger partial charge in [-0.2, -0.15) is 0 Å². The van der Waals surface area contributed by atoms with Crippen LogP contribution in [-0.2, 0) is 4.79 Å². The molecule has 2 saturated heterocycles. The highest BCUT2D eigenvalue weighted by molar-refractivity contribution is 6.29. The highest BCUT2D eigenvalue weighted by Gasteiger charge is 2.39. The Balaban J connectivity index is 1.85. The molecule has 3 heterocycles. The van der Waals surface area contributed by atoms with Crippen LogP contribution in [0, 0.1) is 12.8 Å². The predicted octanol–water partition coefficient (Wildman–Crippen LogP) is 0.548. The molecule has 6 nitrogen and oxygen atoms in total. The molecule has 1 aromatic heterocycles. The van der Waals surface area contributed by atoms with Crippen molar-refractivity contribution in [2.24, 2.45) is 5.92 Å². The van der Waals surface area contributed by atoms with Crippen molar-refractivity contribution in [3.63, 3.8) is 0 Å². The minimum Gasteiger partial charge on any atom is -0.354 e. The number of fused-ring (bicyclic) bond motifs is 1. The smallest absolute Gasteiger partial charge is 0.245 e. The van der Waals surface area contributed by atoms with Gasteiger partial charge in [-0.3, -0.25) is 4.79 Å². The molecule has 2 aliphatic rings. The standard InChI is InChI=1S/C11H14ClN5O/c1-6-10(12)15-16-11(14-6)17-3-2-7-4-9(18)13-5-8(7)17/h7-8H,2-5H2,1H3,(H,13,18). The molecule has 0 aromatic carbocycles. The first-order valence-electron chi connectivity index (χ1n) is 6.05. The van der Waals surface area contributed by atoms with Crippen LogP contribution in [0.1, 0.15) is 18.5 Å². The van der Waals surface area contributed by atoms with Gasteiger partial charge in [-0.05, 0) is 19.3 Å². The lowest BCUT2D eigenvalue weighted by atomic mass is 9.93. The van der Waals surface area contributed by atoms with Crippen molar-refractivity contribution in [2.45, 2.75) is 25.8 Å². The van der Waals surface area contributed by atoms with Crippen molar-refractivity contribution >= 4 is 23.5 Å². The first kappa shape index (κ1) is 11.6. The Labute approximate surface area is 110 Å². The zero-order valence-electron chi connectivity index (χ0n) is 10.1. The Kier molecular flexibility index (Phi) is 2.81. The molecule has 0 spiro atoms. The number of aryl methyl sites for hydroxylation is 1. The van der Waals surface area contributed by atoms with Gasteiger partial charge in [-0.25, -0.2) is 4.98 Å². The van der Waals surface area contributed by atoms with E-state index in [1.165, 1.54) is 0 Å². The maximum Gasteiger partial charge on any atom is 0.245 e. The molecule has 7 heteroatoms. The van der Waals surface area contributed by atoms with Crippen LogP contribution >= 0.6 is 11.6 Å². The lowest BCUT2D eigenvalue weighted by molar-refractivity contribution is -0.123. The van der Waals surface area contributed by atoms with Gasteiger partial charge in [0.15, 0.2) is 5.15 Å². The number of hydrogen-bond acceptors (Lipinski definition) is 5. The van der Waals surface area contributed by atoms with Gasteiger partial charge < -0.3 is 10.2 Å². The summed E-state index contributed by atoms with van der Waals surface area (Å²) in [6.07, 6.45) is 1.60. The monoisotopic (exact) mass is 267 g/mol. The lowest BCUT2D eigenvalue weighted by Gasteiger charge is -2.31. The number of nitrogens with one attached hydrogen (secondary N) is 1. The first-order valence-corrected chi connectivity index (χ1v) is 6.43. The molecule has 1 N–H and O–H groups in total. The van der Waals surface area contributed by atoms with Crippen LogP contribution < -0.4 is 10.2 Å². The highest BCUT2D eigenvalue weighted by Crippen LogP contribution is 2.31. The topological polar surface area (TPSA) is 71.0 Å².